The van der Waals surface area contributed by atoms with E-state index in [2.05, 4.69) is 5.32 Å². The highest BCUT2D eigenvalue weighted by Crippen LogP contribution is 2.38. The topological polar surface area (TPSA) is 21.3 Å². The van der Waals surface area contributed by atoms with Crippen molar-refractivity contribution in [2.24, 2.45) is 0 Å². The summed E-state index contributed by atoms with van der Waals surface area (Å²) < 4.78 is 44.3. The third-order valence-electron chi connectivity index (χ3n) is 3.24. The number of hydrogen-bond donors (Lipinski definition) is 1. The number of methoxy groups -OCH3 is 1. The van der Waals surface area contributed by atoms with E-state index < -0.39 is 12.2 Å². The van der Waals surface area contributed by atoms with Crippen LogP contribution in [0.3, 0.4) is 0 Å². The molecule has 0 amide bonds. The lowest BCUT2D eigenvalue weighted by molar-refractivity contribution is 0.146. The van der Waals surface area contributed by atoms with E-state index >= 15 is 0 Å². The van der Waals surface area contributed by atoms with Crippen molar-refractivity contribution in [1.29, 1.82) is 0 Å². The Kier molecular flexibility index (Phi) is 4.11. The summed E-state index contributed by atoms with van der Waals surface area (Å²) in [6.07, 6.45) is 0.123. The van der Waals surface area contributed by atoms with E-state index in [1.165, 1.54) is 13.2 Å². The Morgan fingerprint density at radius 3 is 2.67 bits per heavy atom. The molecule has 1 aromatic rings. The minimum atomic E-state index is -2.74. The van der Waals surface area contributed by atoms with Crippen molar-refractivity contribution >= 4 is 0 Å². The number of rotatable bonds is 3. The first-order valence-corrected chi connectivity index (χ1v) is 6.02. The molecule has 0 aromatic heterocycles. The van der Waals surface area contributed by atoms with Crippen molar-refractivity contribution in [1.82, 2.24) is 5.32 Å². The molecule has 5 heteroatoms. The molecule has 0 bridgehead atoms. The van der Waals surface area contributed by atoms with Crippen LogP contribution in [0.1, 0.15) is 42.9 Å². The van der Waals surface area contributed by atoms with Crippen molar-refractivity contribution in [3.05, 3.63) is 29.1 Å². The van der Waals surface area contributed by atoms with Gasteiger partial charge in [-0.05, 0) is 31.5 Å². The highest BCUT2D eigenvalue weighted by atomic mass is 19.3. The molecule has 18 heavy (non-hydrogen) atoms. The van der Waals surface area contributed by atoms with Crippen molar-refractivity contribution in [2.45, 2.75) is 31.7 Å². The SMILES string of the molecule is COc1c(C(F)F)cc(F)cc1C1CCCCN1. The fourth-order valence-corrected chi connectivity index (χ4v) is 2.41. The average Bonchev–Trinajstić information content (AvgIpc) is 2.38. The number of benzene rings is 1. The quantitative estimate of drug-likeness (QED) is 0.895. The average molecular weight is 259 g/mol. The van der Waals surface area contributed by atoms with Gasteiger partial charge in [0.1, 0.15) is 11.6 Å². The Bertz CT molecular complexity index is 417. The highest BCUT2D eigenvalue weighted by molar-refractivity contribution is 5.44. The minimum absolute atomic E-state index is 0.103. The van der Waals surface area contributed by atoms with Crippen LogP contribution in [0.2, 0.25) is 0 Å². The summed E-state index contributed by atoms with van der Waals surface area (Å²) in [5.41, 5.74) is 0.118. The van der Waals surface area contributed by atoms with Gasteiger partial charge in [-0.25, -0.2) is 13.2 Å². The fourth-order valence-electron chi connectivity index (χ4n) is 2.41. The van der Waals surface area contributed by atoms with Gasteiger partial charge in [-0.1, -0.05) is 6.42 Å². The third kappa shape index (κ3) is 2.61. The summed E-state index contributed by atoms with van der Waals surface area (Å²) in [6, 6.07) is 2.02. The number of hydrogen-bond acceptors (Lipinski definition) is 2. The summed E-state index contributed by atoms with van der Waals surface area (Å²) >= 11 is 0. The molecule has 2 nitrogen and oxygen atoms in total. The van der Waals surface area contributed by atoms with E-state index in [4.69, 9.17) is 4.74 Å². The molecule has 0 aliphatic carbocycles. The first kappa shape index (κ1) is 13.2. The monoisotopic (exact) mass is 259 g/mol. The Hall–Kier alpha value is -1.23. The van der Waals surface area contributed by atoms with Crippen LogP contribution < -0.4 is 10.1 Å². The Morgan fingerprint density at radius 2 is 2.11 bits per heavy atom. The molecule has 0 saturated carbocycles. The second-order valence-electron chi connectivity index (χ2n) is 4.42. The second kappa shape index (κ2) is 5.61. The lowest BCUT2D eigenvalue weighted by Gasteiger charge is -2.26. The summed E-state index contributed by atoms with van der Waals surface area (Å²) in [5, 5.41) is 3.21. The van der Waals surface area contributed by atoms with Gasteiger partial charge in [0.15, 0.2) is 0 Å². The first-order valence-electron chi connectivity index (χ1n) is 6.02. The van der Waals surface area contributed by atoms with Gasteiger partial charge >= 0.3 is 0 Å². The summed E-state index contributed by atoms with van der Waals surface area (Å²) in [6.45, 7) is 0.814. The zero-order chi connectivity index (χ0) is 13.1. The van der Waals surface area contributed by atoms with Crippen molar-refractivity contribution in [2.75, 3.05) is 13.7 Å². The highest BCUT2D eigenvalue weighted by Gasteiger charge is 2.25. The minimum Gasteiger partial charge on any atom is -0.496 e. The van der Waals surface area contributed by atoms with E-state index in [-0.39, 0.29) is 17.4 Å². The molecule has 0 radical (unpaired) electrons. The first-order chi connectivity index (χ1) is 8.63. The van der Waals surface area contributed by atoms with Gasteiger partial charge in [-0.2, -0.15) is 0 Å². The van der Waals surface area contributed by atoms with Crippen molar-refractivity contribution < 1.29 is 17.9 Å². The van der Waals surface area contributed by atoms with Crippen LogP contribution >= 0.6 is 0 Å². The standard InChI is InChI=1S/C13H16F3NO/c1-18-12-9(11-4-2-3-5-17-11)6-8(14)7-10(12)13(15)16/h6-7,11,13,17H,2-5H2,1H3. The van der Waals surface area contributed by atoms with Crippen LogP contribution in [0.4, 0.5) is 13.2 Å². The van der Waals surface area contributed by atoms with Gasteiger partial charge in [0.25, 0.3) is 6.43 Å². The molecule has 100 valence electrons. The lowest BCUT2D eigenvalue weighted by Crippen LogP contribution is -2.27. The maximum absolute atomic E-state index is 13.4. The Labute approximate surface area is 104 Å². The van der Waals surface area contributed by atoms with E-state index in [0.717, 1.165) is 31.9 Å². The summed E-state index contributed by atoms with van der Waals surface area (Å²) in [7, 11) is 1.34. The summed E-state index contributed by atoms with van der Waals surface area (Å²) in [4.78, 5) is 0. The molecule has 0 spiro atoms. The molecule has 1 aliphatic rings. The summed E-state index contributed by atoms with van der Waals surface area (Å²) in [5.74, 6) is -0.542. The van der Waals surface area contributed by atoms with E-state index in [1.807, 2.05) is 0 Å². The van der Waals surface area contributed by atoms with Gasteiger partial charge < -0.3 is 10.1 Å². The van der Waals surface area contributed by atoms with Gasteiger partial charge in [-0.15, -0.1) is 0 Å². The zero-order valence-corrected chi connectivity index (χ0v) is 10.2. The van der Waals surface area contributed by atoms with Gasteiger partial charge in [0.05, 0.1) is 12.7 Å². The lowest BCUT2D eigenvalue weighted by atomic mass is 9.95. The molecule has 1 N–H and O–H groups in total. The van der Waals surface area contributed by atoms with Crippen LogP contribution in [0.15, 0.2) is 12.1 Å². The third-order valence-corrected chi connectivity index (χ3v) is 3.24. The van der Waals surface area contributed by atoms with Crippen LogP contribution in [-0.2, 0) is 0 Å². The maximum Gasteiger partial charge on any atom is 0.267 e. The Morgan fingerprint density at radius 1 is 1.33 bits per heavy atom. The predicted octanol–water partition coefficient (Wildman–Crippen LogP) is 3.59. The van der Waals surface area contributed by atoms with Crippen molar-refractivity contribution in [3.8, 4) is 5.75 Å². The van der Waals surface area contributed by atoms with Gasteiger partial charge in [-0.3, -0.25) is 0 Å². The van der Waals surface area contributed by atoms with Gasteiger partial charge in [0, 0.05) is 11.6 Å². The second-order valence-corrected chi connectivity index (χ2v) is 4.42. The predicted molar refractivity (Wildman–Crippen MR) is 62.5 cm³/mol. The van der Waals surface area contributed by atoms with Crippen LogP contribution in [0.5, 0.6) is 5.75 Å². The smallest absolute Gasteiger partial charge is 0.267 e. The van der Waals surface area contributed by atoms with Crippen LogP contribution in [0, 0.1) is 5.82 Å². The van der Waals surface area contributed by atoms with Crippen molar-refractivity contribution in [3.63, 3.8) is 0 Å². The maximum atomic E-state index is 13.4. The largest absolute Gasteiger partial charge is 0.496 e. The number of nitrogens with one attached hydrogen (secondary N) is 1. The molecular weight excluding hydrogens is 243 g/mol. The zero-order valence-electron chi connectivity index (χ0n) is 10.2. The molecule has 1 saturated heterocycles. The normalized spacial score (nSPS) is 20.2. The van der Waals surface area contributed by atoms with Crippen LogP contribution in [0.25, 0.3) is 0 Å². The molecule has 1 fully saturated rings. The van der Waals surface area contributed by atoms with Crippen LogP contribution in [-0.4, -0.2) is 13.7 Å². The van der Waals surface area contributed by atoms with E-state index in [0.29, 0.717) is 5.56 Å². The number of alkyl halides is 2. The van der Waals surface area contributed by atoms with E-state index in [9.17, 15) is 13.2 Å². The molecule has 1 aliphatic heterocycles. The molecule has 1 aromatic carbocycles. The molecule has 1 unspecified atom stereocenters. The molecule has 1 atom stereocenters. The number of piperidine rings is 1. The fraction of sp³-hybridized carbons (Fsp3) is 0.538. The Balaban J connectivity index is 2.43. The van der Waals surface area contributed by atoms with Gasteiger partial charge in [0.2, 0.25) is 0 Å². The van der Waals surface area contributed by atoms with E-state index in [1.54, 1.807) is 0 Å². The molecule has 2 rings (SSSR count). The number of ether oxygens (including phenoxy) is 1. The number of halogens is 3. The molecular formula is C13H16F3NO. The molecule has 1 heterocycles.